The standard InChI is InChI=1S/C24H20N4O/c1-16-14-26-22(27-15-16)18-12-20(19-8-5-11-25-21(19)13-18)24(9-10-24)28-23(29)17-6-3-2-4-7-17/h2-8,11-15H,9-10H2,1H3,(H,28,29). The number of carbonyl (C=O) groups excluding carboxylic acids is 1. The van der Waals surface area contributed by atoms with Crippen LogP contribution in [0, 0.1) is 6.92 Å². The maximum atomic E-state index is 12.9. The topological polar surface area (TPSA) is 67.8 Å². The van der Waals surface area contributed by atoms with Gasteiger partial charge in [-0.05, 0) is 61.2 Å². The highest BCUT2D eigenvalue weighted by Gasteiger charge is 2.47. The fourth-order valence-corrected chi connectivity index (χ4v) is 3.71. The van der Waals surface area contributed by atoms with E-state index in [1.165, 1.54) is 0 Å². The Morgan fingerprint density at radius 1 is 0.966 bits per heavy atom. The van der Waals surface area contributed by atoms with E-state index < -0.39 is 0 Å². The molecule has 5 heteroatoms. The molecule has 1 amide bonds. The van der Waals surface area contributed by atoms with Crippen LogP contribution < -0.4 is 5.32 Å². The minimum absolute atomic E-state index is 0.0582. The number of carbonyl (C=O) groups is 1. The Morgan fingerprint density at radius 3 is 2.45 bits per heavy atom. The van der Waals surface area contributed by atoms with Crippen LogP contribution in [0.2, 0.25) is 0 Å². The summed E-state index contributed by atoms with van der Waals surface area (Å²) in [7, 11) is 0. The first-order valence-corrected chi connectivity index (χ1v) is 9.70. The van der Waals surface area contributed by atoms with E-state index in [0.29, 0.717) is 11.4 Å². The molecule has 1 saturated carbocycles. The third-order valence-electron chi connectivity index (χ3n) is 5.41. The Balaban J connectivity index is 1.60. The highest BCUT2D eigenvalue weighted by Crippen LogP contribution is 2.48. The van der Waals surface area contributed by atoms with Gasteiger partial charge in [-0.3, -0.25) is 9.78 Å². The van der Waals surface area contributed by atoms with Gasteiger partial charge < -0.3 is 5.32 Å². The molecule has 142 valence electrons. The van der Waals surface area contributed by atoms with Crippen LogP contribution in [0.15, 0.2) is 73.2 Å². The summed E-state index contributed by atoms with van der Waals surface area (Å²) in [5.74, 6) is 0.603. The highest BCUT2D eigenvalue weighted by atomic mass is 16.1. The van der Waals surface area contributed by atoms with Crippen LogP contribution in [0.1, 0.15) is 34.3 Å². The molecule has 2 aromatic carbocycles. The number of hydrogen-bond acceptors (Lipinski definition) is 4. The number of rotatable bonds is 4. The van der Waals surface area contributed by atoms with Gasteiger partial charge in [-0.1, -0.05) is 24.3 Å². The summed E-state index contributed by atoms with van der Waals surface area (Å²) >= 11 is 0. The second-order valence-corrected chi connectivity index (χ2v) is 7.58. The Labute approximate surface area is 168 Å². The third-order valence-corrected chi connectivity index (χ3v) is 5.41. The van der Waals surface area contributed by atoms with E-state index in [1.54, 1.807) is 6.20 Å². The van der Waals surface area contributed by atoms with Gasteiger partial charge in [-0.25, -0.2) is 9.97 Å². The van der Waals surface area contributed by atoms with E-state index in [0.717, 1.165) is 40.4 Å². The molecule has 29 heavy (non-hydrogen) atoms. The van der Waals surface area contributed by atoms with Gasteiger partial charge in [-0.2, -0.15) is 0 Å². The van der Waals surface area contributed by atoms with Crippen LogP contribution in [-0.4, -0.2) is 20.9 Å². The number of nitrogens with zero attached hydrogens (tertiary/aromatic N) is 3. The second kappa shape index (κ2) is 6.78. The number of nitrogens with one attached hydrogen (secondary N) is 1. The van der Waals surface area contributed by atoms with Gasteiger partial charge in [0, 0.05) is 35.1 Å². The molecule has 2 aromatic heterocycles. The van der Waals surface area contributed by atoms with Gasteiger partial charge in [0.05, 0.1) is 11.1 Å². The van der Waals surface area contributed by atoms with Crippen molar-refractivity contribution in [2.75, 3.05) is 0 Å². The minimum atomic E-state index is -0.380. The maximum Gasteiger partial charge on any atom is 0.251 e. The largest absolute Gasteiger partial charge is 0.342 e. The average molecular weight is 380 g/mol. The summed E-state index contributed by atoms with van der Waals surface area (Å²) in [4.78, 5) is 26.4. The number of aryl methyl sites for hydroxylation is 1. The zero-order valence-corrected chi connectivity index (χ0v) is 16.1. The molecule has 4 aromatic rings. The molecule has 2 heterocycles. The normalized spacial score (nSPS) is 14.5. The third kappa shape index (κ3) is 3.25. The quantitative estimate of drug-likeness (QED) is 0.569. The second-order valence-electron chi connectivity index (χ2n) is 7.58. The van der Waals surface area contributed by atoms with Crippen molar-refractivity contribution in [3.05, 3.63) is 89.9 Å². The van der Waals surface area contributed by atoms with Gasteiger partial charge >= 0.3 is 0 Å². The molecule has 5 rings (SSSR count). The number of amides is 1. The molecule has 0 spiro atoms. The first-order valence-electron chi connectivity index (χ1n) is 9.70. The molecule has 1 aliphatic carbocycles. The number of hydrogen-bond donors (Lipinski definition) is 1. The fraction of sp³-hybridized carbons (Fsp3) is 0.167. The number of pyridine rings is 1. The van der Waals surface area contributed by atoms with E-state index in [-0.39, 0.29) is 11.4 Å². The van der Waals surface area contributed by atoms with E-state index in [9.17, 15) is 4.79 Å². The lowest BCUT2D eigenvalue weighted by Gasteiger charge is -2.21. The Bertz CT molecular complexity index is 1200. The monoisotopic (exact) mass is 380 g/mol. The lowest BCUT2D eigenvalue weighted by atomic mass is 9.95. The molecular weight excluding hydrogens is 360 g/mol. The Kier molecular flexibility index (Phi) is 4.09. The molecule has 0 bridgehead atoms. The molecule has 0 saturated heterocycles. The Hall–Kier alpha value is -3.60. The van der Waals surface area contributed by atoms with Crippen LogP contribution in [0.4, 0.5) is 0 Å². The summed E-state index contributed by atoms with van der Waals surface area (Å²) in [6.07, 6.45) is 7.21. The summed E-state index contributed by atoms with van der Waals surface area (Å²) < 4.78 is 0. The number of aromatic nitrogens is 3. The van der Waals surface area contributed by atoms with Crippen molar-refractivity contribution in [1.29, 1.82) is 0 Å². The summed E-state index contributed by atoms with van der Waals surface area (Å²) in [5.41, 5.74) is 4.16. The van der Waals surface area contributed by atoms with Crippen LogP contribution >= 0.6 is 0 Å². The zero-order chi connectivity index (χ0) is 19.8. The van der Waals surface area contributed by atoms with Crippen molar-refractivity contribution in [2.45, 2.75) is 25.3 Å². The van der Waals surface area contributed by atoms with Gasteiger partial charge in [0.25, 0.3) is 5.91 Å². The van der Waals surface area contributed by atoms with Gasteiger partial charge in [0.15, 0.2) is 5.82 Å². The molecular formula is C24H20N4O. The smallest absolute Gasteiger partial charge is 0.251 e. The van der Waals surface area contributed by atoms with Crippen molar-refractivity contribution >= 4 is 16.8 Å². The van der Waals surface area contributed by atoms with Crippen LogP contribution in [0.3, 0.4) is 0 Å². The molecule has 0 atom stereocenters. The average Bonchev–Trinajstić information content (AvgIpc) is 3.54. The molecule has 5 nitrogen and oxygen atoms in total. The number of benzene rings is 2. The van der Waals surface area contributed by atoms with Crippen LogP contribution in [0.25, 0.3) is 22.3 Å². The SMILES string of the molecule is Cc1cnc(-c2cc(C3(NC(=O)c4ccccc4)CC3)c3cccnc3c2)nc1. The van der Waals surface area contributed by atoms with Crippen LogP contribution in [-0.2, 0) is 5.54 Å². The van der Waals surface area contributed by atoms with Gasteiger partial charge in [0.1, 0.15) is 0 Å². The van der Waals surface area contributed by atoms with Crippen molar-refractivity contribution in [3.8, 4) is 11.4 Å². The van der Waals surface area contributed by atoms with E-state index in [1.807, 2.05) is 61.8 Å². The molecule has 0 unspecified atom stereocenters. The molecule has 1 aliphatic rings. The summed E-state index contributed by atoms with van der Waals surface area (Å²) in [5, 5.41) is 4.32. The lowest BCUT2D eigenvalue weighted by Crippen LogP contribution is -2.35. The van der Waals surface area contributed by atoms with E-state index >= 15 is 0 Å². The molecule has 0 radical (unpaired) electrons. The van der Waals surface area contributed by atoms with Crippen molar-refractivity contribution in [1.82, 2.24) is 20.3 Å². The van der Waals surface area contributed by atoms with Crippen LogP contribution in [0.5, 0.6) is 0 Å². The van der Waals surface area contributed by atoms with Crippen molar-refractivity contribution in [2.24, 2.45) is 0 Å². The summed E-state index contributed by atoms with van der Waals surface area (Å²) in [6.45, 7) is 1.97. The molecule has 1 N–H and O–H groups in total. The maximum absolute atomic E-state index is 12.9. The summed E-state index contributed by atoms with van der Waals surface area (Å²) in [6, 6.07) is 17.4. The van der Waals surface area contributed by atoms with E-state index in [4.69, 9.17) is 0 Å². The minimum Gasteiger partial charge on any atom is -0.342 e. The first kappa shape index (κ1) is 17.5. The van der Waals surface area contributed by atoms with Gasteiger partial charge in [0.2, 0.25) is 0 Å². The predicted octanol–water partition coefficient (Wildman–Crippen LogP) is 4.42. The lowest BCUT2D eigenvalue weighted by molar-refractivity contribution is 0.0931. The van der Waals surface area contributed by atoms with Crippen molar-refractivity contribution < 1.29 is 4.79 Å². The molecule has 1 fully saturated rings. The van der Waals surface area contributed by atoms with Gasteiger partial charge in [-0.15, -0.1) is 0 Å². The zero-order valence-electron chi connectivity index (χ0n) is 16.1. The van der Waals surface area contributed by atoms with E-state index in [2.05, 4.69) is 32.4 Å². The molecule has 0 aliphatic heterocycles. The van der Waals surface area contributed by atoms with Crippen molar-refractivity contribution in [3.63, 3.8) is 0 Å². The Morgan fingerprint density at radius 2 is 1.72 bits per heavy atom. The number of fused-ring (bicyclic) bond motifs is 1. The highest BCUT2D eigenvalue weighted by molar-refractivity contribution is 5.96. The predicted molar refractivity (Wildman–Crippen MR) is 112 cm³/mol. The fourth-order valence-electron chi connectivity index (χ4n) is 3.71. The first-order chi connectivity index (χ1) is 14.1.